The second-order valence-corrected chi connectivity index (χ2v) is 9.17. The van der Waals surface area contributed by atoms with E-state index in [2.05, 4.69) is 24.3 Å². The fourth-order valence-corrected chi connectivity index (χ4v) is 5.16. The molecule has 1 aromatic carbocycles. The van der Waals surface area contributed by atoms with Crippen LogP contribution in [0.25, 0.3) is 0 Å². The number of aromatic nitrogens is 3. The molecule has 1 aliphatic heterocycles. The molecule has 2 heterocycles. The van der Waals surface area contributed by atoms with Crippen LogP contribution in [0.4, 0.5) is 0 Å². The van der Waals surface area contributed by atoms with Crippen LogP contribution in [0.3, 0.4) is 0 Å². The van der Waals surface area contributed by atoms with Gasteiger partial charge in [-0.25, -0.2) is 8.42 Å². The third-order valence-electron chi connectivity index (χ3n) is 4.44. The Hall–Kier alpha value is -1.51. The van der Waals surface area contributed by atoms with E-state index >= 15 is 0 Å². The molecule has 0 spiro atoms. The van der Waals surface area contributed by atoms with E-state index in [9.17, 15) is 8.42 Å². The van der Waals surface area contributed by atoms with E-state index in [1.165, 1.54) is 10.5 Å². The van der Waals surface area contributed by atoms with Crippen molar-refractivity contribution in [1.82, 2.24) is 14.3 Å². The summed E-state index contributed by atoms with van der Waals surface area (Å²) in [5.41, 5.74) is 1.26. The molecule has 8 heteroatoms. The lowest BCUT2D eigenvalue weighted by molar-refractivity contribution is -0.917. The van der Waals surface area contributed by atoms with Gasteiger partial charge in [-0.15, -0.1) is 0 Å². The van der Waals surface area contributed by atoms with Gasteiger partial charge in [-0.1, -0.05) is 30.3 Å². The third-order valence-corrected chi connectivity index (χ3v) is 6.69. The van der Waals surface area contributed by atoms with Crippen molar-refractivity contribution < 1.29 is 13.3 Å². The Kier molecular flexibility index (Phi) is 4.89. The zero-order valence-corrected chi connectivity index (χ0v) is 15.6. The van der Waals surface area contributed by atoms with E-state index in [1.807, 2.05) is 34.5 Å². The van der Waals surface area contributed by atoms with Gasteiger partial charge < -0.3 is 9.47 Å². The van der Waals surface area contributed by atoms with Crippen molar-refractivity contribution in [3.8, 4) is 0 Å². The Morgan fingerprint density at radius 2 is 2.04 bits per heavy atom. The van der Waals surface area contributed by atoms with E-state index in [0.717, 1.165) is 12.4 Å². The summed E-state index contributed by atoms with van der Waals surface area (Å²) in [4.78, 5) is 1.26. The molecule has 6 nitrogen and oxygen atoms in total. The van der Waals surface area contributed by atoms with Crippen molar-refractivity contribution in [3.63, 3.8) is 0 Å². The second-order valence-electron chi connectivity index (χ2n) is 6.58. The zero-order valence-electron chi connectivity index (χ0n) is 14.0. The molecule has 1 fully saturated rings. The first-order chi connectivity index (χ1) is 11.4. The van der Waals surface area contributed by atoms with Gasteiger partial charge in [0.15, 0.2) is 16.5 Å². The van der Waals surface area contributed by atoms with Crippen molar-refractivity contribution in [3.05, 3.63) is 46.5 Å². The Labute approximate surface area is 147 Å². The van der Waals surface area contributed by atoms with E-state index in [1.54, 1.807) is 0 Å². The summed E-state index contributed by atoms with van der Waals surface area (Å²) in [5, 5.41) is 4.63. The normalized spacial score (nSPS) is 21.0. The van der Waals surface area contributed by atoms with Crippen molar-refractivity contribution in [1.29, 1.82) is 0 Å². The summed E-state index contributed by atoms with van der Waals surface area (Å²) in [6.45, 7) is 1.54. The lowest BCUT2D eigenvalue weighted by Gasteiger charge is -2.13. The minimum absolute atomic E-state index is 0.0441. The number of hydrogen-bond acceptors (Lipinski definition) is 4. The molecule has 0 aliphatic carbocycles. The topological polar surface area (TPSA) is 61.3 Å². The number of benzene rings is 1. The molecule has 1 N–H and O–H groups in total. The maximum Gasteiger partial charge on any atom is 0.202 e. The van der Waals surface area contributed by atoms with Crippen LogP contribution in [0.15, 0.2) is 30.3 Å². The van der Waals surface area contributed by atoms with Crippen LogP contribution in [0, 0.1) is 4.77 Å². The Morgan fingerprint density at radius 1 is 1.33 bits per heavy atom. The molecule has 2 atom stereocenters. The minimum atomic E-state index is -2.93. The van der Waals surface area contributed by atoms with E-state index in [4.69, 9.17) is 12.2 Å². The molecule has 2 aromatic rings. The number of nitrogens with zero attached hydrogens (tertiary/aromatic N) is 3. The number of rotatable bonds is 5. The first-order valence-electron chi connectivity index (χ1n) is 8.05. The lowest BCUT2D eigenvalue weighted by atomic mass is 10.1. The molecular formula is C16H23N4O2S2+. The molecule has 0 saturated carbocycles. The van der Waals surface area contributed by atoms with Crippen LogP contribution in [0.5, 0.6) is 0 Å². The Morgan fingerprint density at radius 3 is 2.67 bits per heavy atom. The molecule has 0 radical (unpaired) electrons. The van der Waals surface area contributed by atoms with Gasteiger partial charge in [0.2, 0.25) is 4.77 Å². The molecular weight excluding hydrogens is 344 g/mol. The van der Waals surface area contributed by atoms with E-state index < -0.39 is 9.84 Å². The number of hydrogen-bond donors (Lipinski definition) is 1. The lowest BCUT2D eigenvalue weighted by Crippen LogP contribution is -3.07. The average molecular weight is 368 g/mol. The minimum Gasteiger partial charge on any atom is -0.315 e. The molecule has 1 aromatic heterocycles. The summed E-state index contributed by atoms with van der Waals surface area (Å²) in [7, 11) is 1.04. The monoisotopic (exact) mass is 367 g/mol. The van der Waals surface area contributed by atoms with E-state index in [-0.39, 0.29) is 17.4 Å². The number of quaternary nitrogens is 1. The van der Waals surface area contributed by atoms with Crippen LogP contribution in [0.1, 0.15) is 23.7 Å². The maximum absolute atomic E-state index is 11.7. The number of nitrogens with one attached hydrogen (secondary N) is 1. The standard InChI is InChI=1S/C16H22N4O2S2/c1-18(10-13-6-4-3-5-7-13)12-20-16(23)19(2)15(17-20)14-8-9-24(21,22)11-14/h3-7,14H,8-12H2,1-2H3/p+1/t14-/m1/s1. The second kappa shape index (κ2) is 6.78. The summed E-state index contributed by atoms with van der Waals surface area (Å²) >= 11 is 5.49. The van der Waals surface area contributed by atoms with Crippen molar-refractivity contribution >= 4 is 22.1 Å². The van der Waals surface area contributed by atoms with Crippen molar-refractivity contribution in [2.45, 2.75) is 25.6 Å². The summed E-state index contributed by atoms with van der Waals surface area (Å²) in [6, 6.07) is 10.3. The highest BCUT2D eigenvalue weighted by Crippen LogP contribution is 2.27. The molecule has 130 valence electrons. The van der Waals surface area contributed by atoms with Gasteiger partial charge in [0, 0.05) is 18.5 Å². The zero-order chi connectivity index (χ0) is 17.3. The Bertz CT molecular complexity index is 871. The van der Waals surface area contributed by atoms with Gasteiger partial charge in [-0.2, -0.15) is 9.78 Å². The van der Waals surface area contributed by atoms with Crippen molar-refractivity contribution in [2.75, 3.05) is 18.6 Å². The van der Waals surface area contributed by atoms with Gasteiger partial charge >= 0.3 is 0 Å². The molecule has 1 saturated heterocycles. The average Bonchev–Trinajstić information content (AvgIpc) is 3.02. The third kappa shape index (κ3) is 3.76. The van der Waals surface area contributed by atoms with Gasteiger partial charge in [0.25, 0.3) is 0 Å². The first-order valence-corrected chi connectivity index (χ1v) is 10.3. The highest BCUT2D eigenvalue weighted by Gasteiger charge is 2.32. The number of sulfone groups is 1. The predicted molar refractivity (Wildman–Crippen MR) is 95.1 cm³/mol. The van der Waals surface area contributed by atoms with Gasteiger partial charge in [-0.3, -0.25) is 0 Å². The van der Waals surface area contributed by atoms with Crippen molar-refractivity contribution in [2.24, 2.45) is 7.05 Å². The molecule has 0 bridgehead atoms. The highest BCUT2D eigenvalue weighted by atomic mass is 32.2. The fraction of sp³-hybridized carbons (Fsp3) is 0.500. The van der Waals surface area contributed by atoms with Crippen LogP contribution < -0.4 is 4.90 Å². The molecule has 24 heavy (non-hydrogen) atoms. The SMILES string of the molecule is Cn1c([C@@H]2CCS(=O)(=O)C2)nn(C[NH+](C)Cc2ccccc2)c1=S. The Balaban J connectivity index is 1.75. The summed E-state index contributed by atoms with van der Waals surface area (Å²) in [6.07, 6.45) is 0.634. The smallest absolute Gasteiger partial charge is 0.202 e. The van der Waals surface area contributed by atoms with Gasteiger partial charge in [-0.05, 0) is 18.6 Å². The van der Waals surface area contributed by atoms with Crippen LogP contribution in [-0.4, -0.2) is 41.3 Å². The molecule has 0 amide bonds. The molecule has 3 rings (SSSR count). The molecule has 1 aliphatic rings. The highest BCUT2D eigenvalue weighted by molar-refractivity contribution is 7.91. The quantitative estimate of drug-likeness (QED) is 0.783. The summed E-state index contributed by atoms with van der Waals surface area (Å²) in [5.74, 6) is 1.17. The van der Waals surface area contributed by atoms with Gasteiger partial charge in [0.1, 0.15) is 12.4 Å². The maximum atomic E-state index is 11.7. The van der Waals surface area contributed by atoms with Crippen LogP contribution >= 0.6 is 12.2 Å². The predicted octanol–water partition coefficient (Wildman–Crippen LogP) is 0.526. The molecule has 1 unspecified atom stereocenters. The van der Waals surface area contributed by atoms with Crippen LogP contribution in [-0.2, 0) is 30.1 Å². The fourth-order valence-electron chi connectivity index (χ4n) is 3.22. The van der Waals surface area contributed by atoms with Crippen LogP contribution in [0.2, 0.25) is 0 Å². The largest absolute Gasteiger partial charge is 0.315 e. The van der Waals surface area contributed by atoms with E-state index in [0.29, 0.717) is 17.9 Å². The van der Waals surface area contributed by atoms with Gasteiger partial charge in [0.05, 0.1) is 18.6 Å². The first kappa shape index (κ1) is 17.3. The summed E-state index contributed by atoms with van der Waals surface area (Å²) < 4.78 is 27.8.